The molecule has 0 atom stereocenters. The van der Waals surface area contributed by atoms with E-state index < -0.39 is 0 Å². The molecule has 3 rings (SSSR count). The maximum atomic E-state index is 12.5. The molecule has 1 aromatic heterocycles. The van der Waals surface area contributed by atoms with E-state index in [0.29, 0.717) is 28.0 Å². The lowest BCUT2D eigenvalue weighted by Crippen LogP contribution is -2.30. The molecule has 1 N–H and O–H groups in total. The van der Waals surface area contributed by atoms with E-state index in [0.717, 1.165) is 0 Å². The lowest BCUT2D eigenvalue weighted by Gasteiger charge is -2.14. The minimum atomic E-state index is -0.232. The van der Waals surface area contributed by atoms with Gasteiger partial charge in [-0.2, -0.15) is 0 Å². The van der Waals surface area contributed by atoms with Crippen molar-refractivity contribution in [1.29, 1.82) is 0 Å². The SMILES string of the molecule is COc1cccc(N2C(=O)/C(=C\c3ccco3)NC2=S)c1. The number of hydrogen-bond donors (Lipinski definition) is 1. The van der Waals surface area contributed by atoms with Gasteiger partial charge in [-0.05, 0) is 36.5 Å². The van der Waals surface area contributed by atoms with Crippen molar-refractivity contribution in [2.45, 2.75) is 0 Å². The van der Waals surface area contributed by atoms with Crippen LogP contribution in [0.5, 0.6) is 5.75 Å². The molecule has 0 spiro atoms. The molecule has 1 aromatic carbocycles. The third kappa shape index (κ3) is 2.53. The fourth-order valence-corrected chi connectivity index (χ4v) is 2.33. The van der Waals surface area contributed by atoms with Gasteiger partial charge in [0.1, 0.15) is 17.2 Å². The molecule has 106 valence electrons. The molecule has 0 saturated carbocycles. The molecule has 0 bridgehead atoms. The lowest BCUT2D eigenvalue weighted by molar-refractivity contribution is -0.113. The minimum Gasteiger partial charge on any atom is -0.497 e. The quantitative estimate of drug-likeness (QED) is 0.697. The van der Waals surface area contributed by atoms with Gasteiger partial charge < -0.3 is 14.5 Å². The zero-order valence-corrected chi connectivity index (χ0v) is 12.0. The van der Waals surface area contributed by atoms with Crippen LogP contribution in [0.3, 0.4) is 0 Å². The molecular weight excluding hydrogens is 288 g/mol. The van der Waals surface area contributed by atoms with E-state index >= 15 is 0 Å². The van der Waals surface area contributed by atoms with Crippen LogP contribution in [0.1, 0.15) is 5.76 Å². The lowest BCUT2D eigenvalue weighted by atomic mass is 10.2. The summed E-state index contributed by atoms with van der Waals surface area (Å²) >= 11 is 5.23. The van der Waals surface area contributed by atoms with Gasteiger partial charge in [-0.1, -0.05) is 6.07 Å². The first-order chi connectivity index (χ1) is 10.2. The van der Waals surface area contributed by atoms with Gasteiger partial charge in [0.25, 0.3) is 5.91 Å². The molecule has 5 nitrogen and oxygen atoms in total. The van der Waals surface area contributed by atoms with Crippen LogP contribution in [0, 0.1) is 0 Å². The summed E-state index contributed by atoms with van der Waals surface area (Å²) in [5, 5.41) is 3.22. The number of hydrogen-bond acceptors (Lipinski definition) is 4. The van der Waals surface area contributed by atoms with Crippen molar-refractivity contribution in [2.24, 2.45) is 0 Å². The van der Waals surface area contributed by atoms with Crippen molar-refractivity contribution in [3.05, 3.63) is 54.1 Å². The van der Waals surface area contributed by atoms with Crippen molar-refractivity contribution >= 4 is 35.0 Å². The van der Waals surface area contributed by atoms with Gasteiger partial charge >= 0.3 is 0 Å². The highest BCUT2D eigenvalue weighted by atomic mass is 32.1. The second-order valence-electron chi connectivity index (χ2n) is 4.35. The monoisotopic (exact) mass is 300 g/mol. The van der Waals surface area contributed by atoms with Crippen LogP contribution in [0.15, 0.2) is 52.8 Å². The van der Waals surface area contributed by atoms with E-state index in [4.69, 9.17) is 21.4 Å². The number of amides is 1. The highest BCUT2D eigenvalue weighted by Gasteiger charge is 2.32. The first-order valence-corrected chi connectivity index (χ1v) is 6.64. The molecule has 1 aliphatic heterocycles. The fourth-order valence-electron chi connectivity index (χ4n) is 2.03. The van der Waals surface area contributed by atoms with E-state index in [1.165, 1.54) is 4.90 Å². The number of furan rings is 1. The summed E-state index contributed by atoms with van der Waals surface area (Å²) in [6, 6.07) is 10.7. The summed E-state index contributed by atoms with van der Waals surface area (Å²) in [5.74, 6) is 1.01. The first-order valence-electron chi connectivity index (χ1n) is 6.24. The van der Waals surface area contributed by atoms with Crippen molar-refractivity contribution in [3.8, 4) is 5.75 Å². The molecule has 0 unspecified atom stereocenters. The molecule has 2 heterocycles. The largest absolute Gasteiger partial charge is 0.497 e. The van der Waals surface area contributed by atoms with Gasteiger partial charge in [0.05, 0.1) is 19.1 Å². The Balaban J connectivity index is 1.93. The second kappa shape index (κ2) is 5.41. The molecule has 1 fully saturated rings. The number of ether oxygens (including phenoxy) is 1. The second-order valence-corrected chi connectivity index (χ2v) is 4.73. The smallest absolute Gasteiger partial charge is 0.281 e. The summed E-state index contributed by atoms with van der Waals surface area (Å²) in [6.45, 7) is 0. The van der Waals surface area contributed by atoms with E-state index in [1.54, 1.807) is 55.8 Å². The number of rotatable bonds is 3. The Morgan fingerprint density at radius 3 is 2.90 bits per heavy atom. The highest BCUT2D eigenvalue weighted by Crippen LogP contribution is 2.25. The molecule has 21 heavy (non-hydrogen) atoms. The molecule has 6 heteroatoms. The van der Waals surface area contributed by atoms with Crippen LogP contribution in [0.2, 0.25) is 0 Å². The average Bonchev–Trinajstić information content (AvgIpc) is 3.08. The number of methoxy groups -OCH3 is 1. The summed E-state index contributed by atoms with van der Waals surface area (Å²) in [7, 11) is 1.57. The minimum absolute atomic E-state index is 0.232. The Hall–Kier alpha value is -2.60. The topological polar surface area (TPSA) is 54.7 Å². The van der Waals surface area contributed by atoms with E-state index in [2.05, 4.69) is 5.32 Å². The summed E-state index contributed by atoms with van der Waals surface area (Å²) < 4.78 is 10.4. The standard InChI is InChI=1S/C15H12N2O3S/c1-19-11-5-2-4-10(8-11)17-14(18)13(16-15(17)21)9-12-6-3-7-20-12/h2-9H,1H3,(H,16,21)/b13-9+. The van der Waals surface area contributed by atoms with Crippen molar-refractivity contribution in [1.82, 2.24) is 5.32 Å². The van der Waals surface area contributed by atoms with Crippen LogP contribution < -0.4 is 15.0 Å². The molecule has 1 aliphatic rings. The third-order valence-corrected chi connectivity index (χ3v) is 3.30. The summed E-state index contributed by atoms with van der Waals surface area (Å²) in [5.41, 5.74) is 1.03. The predicted molar refractivity (Wildman–Crippen MR) is 82.9 cm³/mol. The van der Waals surface area contributed by atoms with Gasteiger partial charge in [0.15, 0.2) is 5.11 Å². The number of benzene rings is 1. The van der Waals surface area contributed by atoms with Crippen molar-refractivity contribution in [2.75, 3.05) is 12.0 Å². The number of nitrogens with one attached hydrogen (secondary N) is 1. The van der Waals surface area contributed by atoms with Gasteiger partial charge in [-0.15, -0.1) is 0 Å². The Bertz CT molecular complexity index is 722. The number of thiocarbonyl (C=S) groups is 1. The van der Waals surface area contributed by atoms with Crippen LogP contribution in [0.25, 0.3) is 6.08 Å². The number of anilines is 1. The van der Waals surface area contributed by atoms with Gasteiger partial charge in [0, 0.05) is 12.1 Å². The third-order valence-electron chi connectivity index (χ3n) is 3.02. The molecule has 0 radical (unpaired) electrons. The predicted octanol–water partition coefficient (Wildman–Crippen LogP) is 2.55. The van der Waals surface area contributed by atoms with Crippen LogP contribution >= 0.6 is 12.2 Å². The Kier molecular flexibility index (Phi) is 3.45. The molecular formula is C15H12N2O3S. The van der Waals surface area contributed by atoms with E-state index in [1.807, 2.05) is 0 Å². The zero-order chi connectivity index (χ0) is 14.8. The molecule has 1 amide bonds. The Morgan fingerprint density at radius 2 is 2.19 bits per heavy atom. The van der Waals surface area contributed by atoms with Crippen LogP contribution in [0.4, 0.5) is 5.69 Å². The van der Waals surface area contributed by atoms with Gasteiger partial charge in [-0.3, -0.25) is 9.69 Å². The number of carbonyl (C=O) groups excluding carboxylic acids is 1. The van der Waals surface area contributed by atoms with Crippen molar-refractivity contribution in [3.63, 3.8) is 0 Å². The zero-order valence-electron chi connectivity index (χ0n) is 11.2. The molecule has 1 saturated heterocycles. The highest BCUT2D eigenvalue weighted by molar-refractivity contribution is 7.80. The normalized spacial score (nSPS) is 16.4. The maximum absolute atomic E-state index is 12.5. The summed E-state index contributed by atoms with van der Waals surface area (Å²) in [6.07, 6.45) is 3.17. The van der Waals surface area contributed by atoms with E-state index in [9.17, 15) is 4.79 Å². The number of carbonyl (C=O) groups is 1. The molecule has 0 aliphatic carbocycles. The van der Waals surface area contributed by atoms with Crippen LogP contribution in [-0.2, 0) is 4.79 Å². The Labute approximate surface area is 126 Å². The average molecular weight is 300 g/mol. The number of nitrogens with zero attached hydrogens (tertiary/aromatic N) is 1. The summed E-state index contributed by atoms with van der Waals surface area (Å²) in [4.78, 5) is 13.9. The van der Waals surface area contributed by atoms with Crippen molar-refractivity contribution < 1.29 is 13.9 Å². The maximum Gasteiger partial charge on any atom is 0.281 e. The van der Waals surface area contributed by atoms with E-state index in [-0.39, 0.29) is 5.91 Å². The fraction of sp³-hybridized carbons (Fsp3) is 0.0667. The van der Waals surface area contributed by atoms with Gasteiger partial charge in [-0.25, -0.2) is 0 Å². The van der Waals surface area contributed by atoms with Crippen LogP contribution in [-0.4, -0.2) is 18.1 Å². The van der Waals surface area contributed by atoms with Gasteiger partial charge in [0.2, 0.25) is 0 Å². The Morgan fingerprint density at radius 1 is 1.33 bits per heavy atom. The first kappa shape index (κ1) is 13.4. The molecule has 2 aromatic rings.